The highest BCUT2D eigenvalue weighted by Gasteiger charge is 2.28. The molecule has 0 aromatic carbocycles. The van der Waals surface area contributed by atoms with E-state index in [0.717, 1.165) is 38.3 Å². The summed E-state index contributed by atoms with van der Waals surface area (Å²) in [6.45, 7) is 8.75. The fourth-order valence-electron chi connectivity index (χ4n) is 1.78. The van der Waals surface area contributed by atoms with E-state index in [9.17, 15) is 5.11 Å². The van der Waals surface area contributed by atoms with Crippen LogP contribution in [0.3, 0.4) is 0 Å². The van der Waals surface area contributed by atoms with E-state index in [0.29, 0.717) is 12.3 Å². The molecule has 0 fully saturated rings. The Morgan fingerprint density at radius 2 is 2.31 bits per heavy atom. The summed E-state index contributed by atoms with van der Waals surface area (Å²) in [4.78, 5) is 0. The third-order valence-electron chi connectivity index (χ3n) is 2.81. The van der Waals surface area contributed by atoms with Gasteiger partial charge in [-0.25, -0.2) is 0 Å². The summed E-state index contributed by atoms with van der Waals surface area (Å²) in [5.41, 5.74) is -0.815. The van der Waals surface area contributed by atoms with E-state index < -0.39 is 5.60 Å². The minimum absolute atomic E-state index is 0.648. The number of nitrogens with one attached hydrogen (secondary N) is 1. The molecule has 0 amide bonds. The lowest BCUT2D eigenvalue weighted by atomic mass is 9.97. The second kappa shape index (κ2) is 6.26. The monoisotopic (exact) mass is 227 g/mol. The standard InChI is InChI=1S/C13H25NO2/c1-11(2)10-14-8-7-13(3,15)12-6-4-5-9-16-12/h6,11,14-15H,4-5,7-10H2,1-3H3. The lowest BCUT2D eigenvalue weighted by Crippen LogP contribution is -2.34. The molecule has 1 rings (SSSR count). The van der Waals surface area contributed by atoms with Crippen molar-refractivity contribution in [2.45, 2.75) is 45.6 Å². The summed E-state index contributed by atoms with van der Waals surface area (Å²) in [6, 6.07) is 0. The van der Waals surface area contributed by atoms with Gasteiger partial charge in [-0.3, -0.25) is 0 Å². The van der Waals surface area contributed by atoms with Crippen LogP contribution in [-0.4, -0.2) is 30.4 Å². The van der Waals surface area contributed by atoms with Gasteiger partial charge in [0.1, 0.15) is 11.4 Å². The van der Waals surface area contributed by atoms with Gasteiger partial charge in [0, 0.05) is 0 Å². The van der Waals surface area contributed by atoms with Crippen LogP contribution in [0.15, 0.2) is 11.8 Å². The normalized spacial score (nSPS) is 20.2. The molecule has 3 heteroatoms. The van der Waals surface area contributed by atoms with Crippen molar-refractivity contribution in [2.75, 3.05) is 19.7 Å². The van der Waals surface area contributed by atoms with Gasteiger partial charge < -0.3 is 15.2 Å². The van der Waals surface area contributed by atoms with Gasteiger partial charge in [0.25, 0.3) is 0 Å². The molecule has 1 heterocycles. The summed E-state index contributed by atoms with van der Waals surface area (Å²) in [5.74, 6) is 1.40. The molecular formula is C13H25NO2. The van der Waals surface area contributed by atoms with Crippen LogP contribution in [0.4, 0.5) is 0 Å². The first-order valence-electron chi connectivity index (χ1n) is 6.29. The van der Waals surface area contributed by atoms with Crippen molar-refractivity contribution in [3.8, 4) is 0 Å². The van der Waals surface area contributed by atoms with Crippen molar-refractivity contribution in [3.63, 3.8) is 0 Å². The lowest BCUT2D eigenvalue weighted by molar-refractivity contribution is 0.0122. The fraction of sp³-hybridized carbons (Fsp3) is 0.846. The van der Waals surface area contributed by atoms with E-state index in [2.05, 4.69) is 19.2 Å². The van der Waals surface area contributed by atoms with Gasteiger partial charge >= 0.3 is 0 Å². The van der Waals surface area contributed by atoms with Gasteiger partial charge in [-0.05, 0) is 51.3 Å². The van der Waals surface area contributed by atoms with Gasteiger partial charge in [-0.1, -0.05) is 13.8 Å². The number of rotatable bonds is 6. The lowest BCUT2D eigenvalue weighted by Gasteiger charge is -2.29. The maximum Gasteiger partial charge on any atom is 0.123 e. The van der Waals surface area contributed by atoms with Crippen LogP contribution in [0.2, 0.25) is 0 Å². The number of aliphatic hydroxyl groups is 1. The number of allylic oxidation sites excluding steroid dienone is 1. The molecule has 1 atom stereocenters. The third-order valence-corrected chi connectivity index (χ3v) is 2.81. The zero-order valence-corrected chi connectivity index (χ0v) is 10.8. The summed E-state index contributed by atoms with van der Waals surface area (Å²) >= 11 is 0. The largest absolute Gasteiger partial charge is 0.495 e. The van der Waals surface area contributed by atoms with Crippen LogP contribution in [-0.2, 0) is 4.74 Å². The molecule has 0 bridgehead atoms. The van der Waals surface area contributed by atoms with Crippen LogP contribution in [0.1, 0.15) is 40.0 Å². The predicted octanol–water partition coefficient (Wildman–Crippen LogP) is 2.07. The quantitative estimate of drug-likeness (QED) is 0.683. The Hall–Kier alpha value is -0.540. The summed E-state index contributed by atoms with van der Waals surface area (Å²) in [6.07, 6.45) is 4.80. The molecule has 0 spiro atoms. The Morgan fingerprint density at radius 3 is 2.88 bits per heavy atom. The van der Waals surface area contributed by atoms with E-state index in [-0.39, 0.29) is 0 Å². The van der Waals surface area contributed by atoms with Gasteiger partial charge in [0.2, 0.25) is 0 Å². The number of hydrogen-bond donors (Lipinski definition) is 2. The molecule has 1 aliphatic heterocycles. The SMILES string of the molecule is CC(C)CNCCC(C)(O)C1=CCCCO1. The molecule has 0 aliphatic carbocycles. The van der Waals surface area contributed by atoms with Gasteiger partial charge in [0.15, 0.2) is 0 Å². The Bertz CT molecular complexity index is 234. The zero-order chi connectivity index (χ0) is 12.0. The minimum atomic E-state index is -0.815. The molecule has 1 aliphatic rings. The van der Waals surface area contributed by atoms with Crippen molar-refractivity contribution in [2.24, 2.45) is 5.92 Å². The Kier molecular flexibility index (Phi) is 5.29. The topological polar surface area (TPSA) is 41.5 Å². The minimum Gasteiger partial charge on any atom is -0.495 e. The van der Waals surface area contributed by atoms with Crippen molar-refractivity contribution in [3.05, 3.63) is 11.8 Å². The van der Waals surface area contributed by atoms with Crippen molar-refractivity contribution >= 4 is 0 Å². The van der Waals surface area contributed by atoms with Gasteiger partial charge in [-0.15, -0.1) is 0 Å². The van der Waals surface area contributed by atoms with E-state index in [1.54, 1.807) is 0 Å². The molecule has 2 N–H and O–H groups in total. The van der Waals surface area contributed by atoms with Crippen LogP contribution < -0.4 is 5.32 Å². The molecule has 1 unspecified atom stereocenters. The summed E-state index contributed by atoms with van der Waals surface area (Å²) in [5, 5.41) is 13.6. The van der Waals surface area contributed by atoms with E-state index in [1.165, 1.54) is 0 Å². The molecule has 0 radical (unpaired) electrons. The van der Waals surface area contributed by atoms with Crippen molar-refractivity contribution in [1.82, 2.24) is 5.32 Å². The molecule has 0 saturated heterocycles. The average Bonchev–Trinajstić information content (AvgIpc) is 2.26. The summed E-state index contributed by atoms with van der Waals surface area (Å²) in [7, 11) is 0. The van der Waals surface area contributed by atoms with E-state index in [1.807, 2.05) is 13.0 Å². The highest BCUT2D eigenvalue weighted by Crippen LogP contribution is 2.25. The summed E-state index contributed by atoms with van der Waals surface area (Å²) < 4.78 is 5.50. The maximum absolute atomic E-state index is 10.3. The third kappa shape index (κ3) is 4.54. The van der Waals surface area contributed by atoms with Crippen LogP contribution in [0.5, 0.6) is 0 Å². The number of hydrogen-bond acceptors (Lipinski definition) is 3. The molecular weight excluding hydrogens is 202 g/mol. The van der Waals surface area contributed by atoms with Gasteiger partial charge in [0.05, 0.1) is 6.61 Å². The Balaban J connectivity index is 2.30. The molecule has 16 heavy (non-hydrogen) atoms. The highest BCUT2D eigenvalue weighted by molar-refractivity contribution is 5.09. The number of ether oxygens (including phenoxy) is 1. The molecule has 0 saturated carbocycles. The zero-order valence-electron chi connectivity index (χ0n) is 10.8. The first-order valence-corrected chi connectivity index (χ1v) is 6.29. The first-order chi connectivity index (χ1) is 7.52. The van der Waals surface area contributed by atoms with Crippen molar-refractivity contribution < 1.29 is 9.84 Å². The fourth-order valence-corrected chi connectivity index (χ4v) is 1.78. The maximum atomic E-state index is 10.3. The van der Waals surface area contributed by atoms with Crippen LogP contribution in [0, 0.1) is 5.92 Å². The van der Waals surface area contributed by atoms with Crippen LogP contribution in [0.25, 0.3) is 0 Å². The second-order valence-corrected chi connectivity index (χ2v) is 5.18. The Labute approximate surface area is 98.9 Å². The average molecular weight is 227 g/mol. The molecule has 0 aromatic rings. The smallest absolute Gasteiger partial charge is 0.123 e. The Morgan fingerprint density at radius 1 is 1.56 bits per heavy atom. The van der Waals surface area contributed by atoms with Crippen molar-refractivity contribution in [1.29, 1.82) is 0 Å². The molecule has 94 valence electrons. The second-order valence-electron chi connectivity index (χ2n) is 5.18. The van der Waals surface area contributed by atoms with Crippen LogP contribution >= 0.6 is 0 Å². The first kappa shape index (κ1) is 13.5. The van der Waals surface area contributed by atoms with E-state index >= 15 is 0 Å². The highest BCUT2D eigenvalue weighted by atomic mass is 16.5. The molecule has 3 nitrogen and oxygen atoms in total. The predicted molar refractivity (Wildman–Crippen MR) is 66.2 cm³/mol. The van der Waals surface area contributed by atoms with E-state index in [4.69, 9.17) is 4.74 Å². The van der Waals surface area contributed by atoms with Gasteiger partial charge in [-0.2, -0.15) is 0 Å². The molecule has 0 aromatic heterocycles.